The minimum Gasteiger partial charge on any atom is -0.330 e. The molecular formula is C9H10N4S. The number of hydrogen-bond donors (Lipinski definition) is 1. The largest absolute Gasteiger partial charge is 0.330 e. The molecule has 0 aliphatic carbocycles. The van der Waals surface area contributed by atoms with Crippen molar-refractivity contribution in [3.63, 3.8) is 0 Å². The molecule has 0 radical (unpaired) electrons. The number of thiazole rings is 1. The highest BCUT2D eigenvalue weighted by molar-refractivity contribution is 7.13. The number of nitrogens with zero attached hydrogens (tertiary/aromatic N) is 3. The van der Waals surface area contributed by atoms with E-state index in [2.05, 4.69) is 15.0 Å². The molecule has 2 rings (SSSR count). The molecule has 0 spiro atoms. The topological polar surface area (TPSA) is 64.7 Å². The zero-order valence-electron chi connectivity index (χ0n) is 7.55. The Bertz CT molecular complexity index is 398. The molecule has 0 unspecified atom stereocenters. The molecule has 0 aromatic carbocycles. The van der Waals surface area contributed by atoms with E-state index >= 15 is 0 Å². The Balaban J connectivity index is 2.25. The summed E-state index contributed by atoms with van der Waals surface area (Å²) in [6.07, 6.45) is 4.24. The van der Waals surface area contributed by atoms with Gasteiger partial charge in [0, 0.05) is 24.2 Å². The molecule has 14 heavy (non-hydrogen) atoms. The fraction of sp³-hybridized carbons (Fsp3) is 0.222. The Morgan fingerprint density at radius 2 is 2.07 bits per heavy atom. The van der Waals surface area contributed by atoms with Crippen molar-refractivity contribution in [3.8, 4) is 10.8 Å². The SMILES string of the molecule is NCCc1csc(-c2ncccn2)n1. The first-order valence-electron chi connectivity index (χ1n) is 4.32. The predicted octanol–water partition coefficient (Wildman–Crippen LogP) is 1.10. The standard InChI is InChI=1S/C9H10N4S/c10-3-2-7-6-14-9(13-7)8-11-4-1-5-12-8/h1,4-6H,2-3,10H2. The maximum atomic E-state index is 5.44. The second-order valence-electron chi connectivity index (χ2n) is 2.76. The van der Waals surface area contributed by atoms with E-state index < -0.39 is 0 Å². The molecular weight excluding hydrogens is 196 g/mol. The van der Waals surface area contributed by atoms with Gasteiger partial charge in [0.25, 0.3) is 0 Å². The quantitative estimate of drug-likeness (QED) is 0.816. The van der Waals surface area contributed by atoms with Crippen molar-refractivity contribution in [1.82, 2.24) is 15.0 Å². The third-order valence-electron chi connectivity index (χ3n) is 1.71. The Kier molecular flexibility index (Phi) is 2.81. The van der Waals surface area contributed by atoms with Gasteiger partial charge in [0.1, 0.15) is 0 Å². The molecule has 2 aromatic rings. The first-order chi connectivity index (χ1) is 6.90. The van der Waals surface area contributed by atoms with Gasteiger partial charge in [-0.05, 0) is 12.6 Å². The molecule has 0 aliphatic rings. The average molecular weight is 206 g/mol. The smallest absolute Gasteiger partial charge is 0.188 e. The van der Waals surface area contributed by atoms with Crippen LogP contribution >= 0.6 is 11.3 Å². The zero-order valence-corrected chi connectivity index (χ0v) is 8.37. The average Bonchev–Trinajstić information content (AvgIpc) is 2.68. The van der Waals surface area contributed by atoms with E-state index in [1.165, 1.54) is 0 Å². The summed E-state index contributed by atoms with van der Waals surface area (Å²) in [6, 6.07) is 1.79. The van der Waals surface area contributed by atoms with Crippen LogP contribution in [0, 0.1) is 0 Å². The van der Waals surface area contributed by atoms with Crippen LogP contribution in [0.1, 0.15) is 5.69 Å². The van der Waals surface area contributed by atoms with Crippen LogP contribution in [0.3, 0.4) is 0 Å². The summed E-state index contributed by atoms with van der Waals surface area (Å²) in [4.78, 5) is 12.6. The summed E-state index contributed by atoms with van der Waals surface area (Å²) in [5, 5.41) is 2.85. The van der Waals surface area contributed by atoms with Crippen molar-refractivity contribution < 1.29 is 0 Å². The highest BCUT2D eigenvalue weighted by atomic mass is 32.1. The molecule has 0 bridgehead atoms. The lowest BCUT2D eigenvalue weighted by Gasteiger charge is -1.91. The Hall–Kier alpha value is -1.33. The van der Waals surface area contributed by atoms with Crippen LogP contribution in [0.4, 0.5) is 0 Å². The van der Waals surface area contributed by atoms with Gasteiger partial charge in [0.15, 0.2) is 10.8 Å². The van der Waals surface area contributed by atoms with Crippen LogP contribution in [-0.2, 0) is 6.42 Å². The molecule has 5 heteroatoms. The van der Waals surface area contributed by atoms with Crippen LogP contribution in [0.5, 0.6) is 0 Å². The van der Waals surface area contributed by atoms with E-state index in [0.29, 0.717) is 12.4 Å². The lowest BCUT2D eigenvalue weighted by atomic mass is 10.3. The molecule has 2 N–H and O–H groups in total. The summed E-state index contributed by atoms with van der Waals surface area (Å²) >= 11 is 1.55. The van der Waals surface area contributed by atoms with Crippen molar-refractivity contribution in [1.29, 1.82) is 0 Å². The molecule has 0 saturated heterocycles. The first-order valence-corrected chi connectivity index (χ1v) is 5.20. The normalized spacial score (nSPS) is 10.4. The fourth-order valence-corrected chi connectivity index (χ4v) is 1.88. The van der Waals surface area contributed by atoms with Gasteiger partial charge in [-0.25, -0.2) is 15.0 Å². The van der Waals surface area contributed by atoms with Gasteiger partial charge in [-0.1, -0.05) is 0 Å². The first kappa shape index (κ1) is 9.23. The highest BCUT2D eigenvalue weighted by Crippen LogP contribution is 2.19. The third kappa shape index (κ3) is 1.94. The zero-order chi connectivity index (χ0) is 9.80. The van der Waals surface area contributed by atoms with Gasteiger partial charge < -0.3 is 5.73 Å². The van der Waals surface area contributed by atoms with Gasteiger partial charge >= 0.3 is 0 Å². The maximum absolute atomic E-state index is 5.44. The van der Waals surface area contributed by atoms with Crippen LogP contribution < -0.4 is 5.73 Å². The summed E-state index contributed by atoms with van der Waals surface area (Å²) in [6.45, 7) is 0.624. The minimum atomic E-state index is 0.624. The molecule has 2 heterocycles. The second kappa shape index (κ2) is 4.26. The molecule has 0 fully saturated rings. The van der Waals surface area contributed by atoms with Crippen molar-refractivity contribution >= 4 is 11.3 Å². The number of nitrogens with two attached hydrogens (primary N) is 1. The molecule has 0 saturated carbocycles. The van der Waals surface area contributed by atoms with Crippen LogP contribution in [0.15, 0.2) is 23.8 Å². The van der Waals surface area contributed by atoms with E-state index in [9.17, 15) is 0 Å². The molecule has 0 amide bonds. The molecule has 0 aliphatic heterocycles. The van der Waals surface area contributed by atoms with E-state index in [4.69, 9.17) is 5.73 Å². The Morgan fingerprint density at radius 3 is 2.79 bits per heavy atom. The maximum Gasteiger partial charge on any atom is 0.188 e. The second-order valence-corrected chi connectivity index (χ2v) is 3.61. The molecule has 4 nitrogen and oxygen atoms in total. The molecule has 0 atom stereocenters. The lowest BCUT2D eigenvalue weighted by Crippen LogP contribution is -2.02. The van der Waals surface area contributed by atoms with Crippen LogP contribution in [-0.4, -0.2) is 21.5 Å². The Morgan fingerprint density at radius 1 is 1.29 bits per heavy atom. The van der Waals surface area contributed by atoms with Gasteiger partial charge in [-0.2, -0.15) is 0 Å². The number of aromatic nitrogens is 3. The monoisotopic (exact) mass is 206 g/mol. The Labute approximate surface area is 85.9 Å². The third-order valence-corrected chi connectivity index (χ3v) is 2.60. The van der Waals surface area contributed by atoms with Crippen molar-refractivity contribution in [2.75, 3.05) is 6.54 Å². The van der Waals surface area contributed by atoms with Gasteiger partial charge in [-0.3, -0.25) is 0 Å². The van der Waals surface area contributed by atoms with Gasteiger partial charge in [0.2, 0.25) is 0 Å². The van der Waals surface area contributed by atoms with E-state index in [1.54, 1.807) is 29.8 Å². The fourth-order valence-electron chi connectivity index (χ4n) is 1.08. The van der Waals surface area contributed by atoms with Crippen molar-refractivity contribution in [3.05, 3.63) is 29.5 Å². The van der Waals surface area contributed by atoms with E-state index in [-0.39, 0.29) is 0 Å². The van der Waals surface area contributed by atoms with E-state index in [1.807, 2.05) is 5.38 Å². The van der Waals surface area contributed by atoms with E-state index in [0.717, 1.165) is 17.1 Å². The highest BCUT2D eigenvalue weighted by Gasteiger charge is 2.05. The number of hydrogen-bond acceptors (Lipinski definition) is 5. The lowest BCUT2D eigenvalue weighted by molar-refractivity contribution is 0.934. The predicted molar refractivity (Wildman–Crippen MR) is 55.9 cm³/mol. The summed E-state index contributed by atoms with van der Waals surface area (Å²) < 4.78 is 0. The minimum absolute atomic E-state index is 0.624. The molecule has 72 valence electrons. The van der Waals surface area contributed by atoms with Crippen molar-refractivity contribution in [2.24, 2.45) is 5.73 Å². The summed E-state index contributed by atoms with van der Waals surface area (Å²) in [5.41, 5.74) is 6.46. The van der Waals surface area contributed by atoms with Crippen molar-refractivity contribution in [2.45, 2.75) is 6.42 Å². The van der Waals surface area contributed by atoms with Crippen LogP contribution in [0.25, 0.3) is 10.8 Å². The number of rotatable bonds is 3. The van der Waals surface area contributed by atoms with Gasteiger partial charge in [-0.15, -0.1) is 11.3 Å². The summed E-state index contributed by atoms with van der Waals surface area (Å²) in [5.74, 6) is 0.681. The summed E-state index contributed by atoms with van der Waals surface area (Å²) in [7, 11) is 0. The van der Waals surface area contributed by atoms with Crippen LogP contribution in [0.2, 0.25) is 0 Å². The van der Waals surface area contributed by atoms with Gasteiger partial charge in [0.05, 0.1) is 5.69 Å². The molecule has 2 aromatic heterocycles.